The zero-order chi connectivity index (χ0) is 33.8. The van der Waals surface area contributed by atoms with E-state index >= 15 is 0 Å². The van der Waals surface area contributed by atoms with Crippen molar-refractivity contribution in [2.45, 2.75) is 109 Å². The minimum absolute atomic E-state index is 0.0911. The molecule has 1 atom stereocenters. The number of aliphatic hydroxyl groups excluding tert-OH is 1. The van der Waals surface area contributed by atoms with E-state index in [2.05, 4.69) is 43.3 Å². The molecule has 0 aliphatic carbocycles. The van der Waals surface area contributed by atoms with Crippen molar-refractivity contribution in [3.05, 3.63) is 108 Å². The second-order valence-electron chi connectivity index (χ2n) is 12.7. The fourth-order valence-corrected chi connectivity index (χ4v) is 6.05. The van der Waals surface area contributed by atoms with Crippen molar-refractivity contribution < 1.29 is 29.1 Å². The number of unbranched alkanes of at least 4 members (excludes halogenated alkanes) is 13. The maximum absolute atomic E-state index is 10.1. The van der Waals surface area contributed by atoms with E-state index in [4.69, 9.17) is 24.0 Å². The summed E-state index contributed by atoms with van der Waals surface area (Å²) < 4.78 is 18.1. The van der Waals surface area contributed by atoms with E-state index < -0.39 is 11.7 Å². The van der Waals surface area contributed by atoms with Gasteiger partial charge < -0.3 is 19.3 Å². The number of hydrogen-bond acceptors (Lipinski definition) is 6. The van der Waals surface area contributed by atoms with Crippen LogP contribution < -0.4 is 0 Å². The summed E-state index contributed by atoms with van der Waals surface area (Å²) in [6.07, 6.45) is 17.8. The highest BCUT2D eigenvalue weighted by Crippen LogP contribution is 2.40. The molecule has 0 heterocycles. The van der Waals surface area contributed by atoms with Crippen LogP contribution in [-0.4, -0.2) is 57.5 Å². The van der Waals surface area contributed by atoms with Crippen molar-refractivity contribution >= 4 is 0 Å². The van der Waals surface area contributed by atoms with Crippen LogP contribution >= 0.6 is 0 Å². The molecule has 0 fully saturated rings. The number of benzene rings is 3. The van der Waals surface area contributed by atoms with E-state index in [9.17, 15) is 5.11 Å². The lowest BCUT2D eigenvalue weighted by molar-refractivity contribution is -0.307. The SMILES string of the molecule is CCCCCCCCCCCCCCCCOOCC(O)COCCOCCOC(c1ccccc1)(c1ccccc1)c1ccccc1. The Morgan fingerprint density at radius 3 is 1.35 bits per heavy atom. The van der Waals surface area contributed by atoms with Crippen LogP contribution in [0.15, 0.2) is 91.0 Å². The smallest absolute Gasteiger partial charge is 0.143 e. The summed E-state index contributed by atoms with van der Waals surface area (Å²) in [4.78, 5) is 10.4. The van der Waals surface area contributed by atoms with Crippen LogP contribution in [0, 0.1) is 0 Å². The van der Waals surface area contributed by atoms with E-state index in [1.54, 1.807) is 0 Å². The third kappa shape index (κ3) is 15.8. The highest BCUT2D eigenvalue weighted by atomic mass is 17.2. The standard InChI is InChI=1S/C42H62O6/c1-2-3-4-5-6-7-8-9-10-11-12-13-14-24-31-47-48-37-41(43)36-45-33-32-44-34-35-46-42(38-25-18-15-19-26-38,39-27-20-16-21-28-39)40-29-22-17-23-30-40/h15-23,25-30,41,43H,2-14,24,31-37H2,1H3. The van der Waals surface area contributed by atoms with Gasteiger partial charge in [-0.3, -0.25) is 0 Å². The summed E-state index contributed by atoms with van der Waals surface area (Å²) in [6, 6.07) is 30.9. The zero-order valence-corrected chi connectivity index (χ0v) is 29.6. The second kappa shape index (κ2) is 26.3. The predicted molar refractivity (Wildman–Crippen MR) is 195 cm³/mol. The Hall–Kier alpha value is -2.58. The lowest BCUT2D eigenvalue weighted by Gasteiger charge is -2.36. The topological polar surface area (TPSA) is 66.4 Å². The maximum Gasteiger partial charge on any atom is 0.143 e. The van der Waals surface area contributed by atoms with Crippen molar-refractivity contribution in [2.75, 3.05) is 46.2 Å². The van der Waals surface area contributed by atoms with Crippen molar-refractivity contribution in [2.24, 2.45) is 0 Å². The van der Waals surface area contributed by atoms with E-state index in [0.717, 1.165) is 29.5 Å². The molecule has 266 valence electrons. The molecule has 0 spiro atoms. The first-order valence-corrected chi connectivity index (χ1v) is 18.7. The van der Waals surface area contributed by atoms with Gasteiger partial charge in [0.05, 0.1) is 39.6 Å². The average Bonchev–Trinajstić information content (AvgIpc) is 3.13. The molecule has 0 saturated carbocycles. The summed E-state index contributed by atoms with van der Waals surface area (Å²) in [5.74, 6) is 0. The van der Waals surface area contributed by atoms with E-state index in [1.165, 1.54) is 77.0 Å². The van der Waals surface area contributed by atoms with Gasteiger partial charge in [0.15, 0.2) is 0 Å². The van der Waals surface area contributed by atoms with Crippen LogP contribution in [0.4, 0.5) is 0 Å². The first kappa shape index (κ1) is 39.9. The Bertz CT molecular complexity index is 1030. The van der Waals surface area contributed by atoms with Crippen molar-refractivity contribution in [1.29, 1.82) is 0 Å². The number of aliphatic hydroxyl groups is 1. The Balaban J connectivity index is 1.19. The molecule has 0 aliphatic rings. The van der Waals surface area contributed by atoms with Gasteiger partial charge in [-0.1, -0.05) is 181 Å². The van der Waals surface area contributed by atoms with Crippen LogP contribution in [0.2, 0.25) is 0 Å². The molecule has 1 N–H and O–H groups in total. The van der Waals surface area contributed by atoms with Crippen LogP contribution in [0.25, 0.3) is 0 Å². The Morgan fingerprint density at radius 1 is 0.458 bits per heavy atom. The van der Waals surface area contributed by atoms with Gasteiger partial charge >= 0.3 is 0 Å². The van der Waals surface area contributed by atoms with E-state index in [1.807, 2.05) is 54.6 Å². The summed E-state index contributed by atoms with van der Waals surface area (Å²) in [5.41, 5.74) is 2.42. The van der Waals surface area contributed by atoms with Gasteiger partial charge in [-0.25, -0.2) is 9.78 Å². The van der Waals surface area contributed by atoms with Gasteiger partial charge in [0.1, 0.15) is 18.3 Å². The average molecular weight is 663 g/mol. The molecule has 6 heteroatoms. The molecule has 6 nitrogen and oxygen atoms in total. The summed E-state index contributed by atoms with van der Waals surface area (Å²) in [5, 5.41) is 10.1. The molecule has 0 radical (unpaired) electrons. The number of hydrogen-bond donors (Lipinski definition) is 1. The second-order valence-corrected chi connectivity index (χ2v) is 12.7. The molecular weight excluding hydrogens is 600 g/mol. The molecule has 0 saturated heterocycles. The van der Waals surface area contributed by atoms with Crippen molar-refractivity contribution in [3.63, 3.8) is 0 Å². The molecule has 0 amide bonds. The van der Waals surface area contributed by atoms with Crippen LogP contribution in [0.5, 0.6) is 0 Å². The molecule has 48 heavy (non-hydrogen) atoms. The molecule has 3 aromatic rings. The molecule has 0 aromatic heterocycles. The molecular formula is C42H62O6. The molecule has 3 aromatic carbocycles. The molecule has 1 unspecified atom stereocenters. The van der Waals surface area contributed by atoms with Crippen molar-refractivity contribution in [3.8, 4) is 0 Å². The molecule has 0 aliphatic heterocycles. The van der Waals surface area contributed by atoms with Crippen LogP contribution in [0.3, 0.4) is 0 Å². The van der Waals surface area contributed by atoms with Gasteiger partial charge in [0.25, 0.3) is 0 Å². The predicted octanol–water partition coefficient (Wildman–Crippen LogP) is 9.82. The van der Waals surface area contributed by atoms with E-state index in [-0.39, 0.29) is 13.2 Å². The van der Waals surface area contributed by atoms with E-state index in [0.29, 0.717) is 33.0 Å². The third-order valence-electron chi connectivity index (χ3n) is 8.69. The highest BCUT2D eigenvalue weighted by Gasteiger charge is 2.37. The fraction of sp³-hybridized carbons (Fsp3) is 0.571. The highest BCUT2D eigenvalue weighted by molar-refractivity contribution is 5.47. The first-order valence-electron chi connectivity index (χ1n) is 18.7. The summed E-state index contributed by atoms with van der Waals surface area (Å²) in [7, 11) is 0. The Labute approximate surface area is 291 Å². The quantitative estimate of drug-likeness (QED) is 0.0332. The minimum atomic E-state index is -0.762. The first-order chi connectivity index (χ1) is 23.8. The molecule has 3 rings (SSSR count). The van der Waals surface area contributed by atoms with Crippen molar-refractivity contribution in [1.82, 2.24) is 0 Å². The Morgan fingerprint density at radius 2 is 0.875 bits per heavy atom. The molecule has 0 bridgehead atoms. The van der Waals surface area contributed by atoms with Gasteiger partial charge in [0, 0.05) is 0 Å². The summed E-state index contributed by atoms with van der Waals surface area (Å²) in [6.45, 7) is 4.68. The van der Waals surface area contributed by atoms with Gasteiger partial charge in [-0.15, -0.1) is 0 Å². The lowest BCUT2D eigenvalue weighted by Crippen LogP contribution is -2.34. The lowest BCUT2D eigenvalue weighted by atomic mass is 9.80. The normalized spacial score (nSPS) is 12.4. The fourth-order valence-electron chi connectivity index (χ4n) is 6.05. The zero-order valence-electron chi connectivity index (χ0n) is 29.6. The van der Waals surface area contributed by atoms with Crippen LogP contribution in [-0.2, 0) is 29.6 Å². The maximum atomic E-state index is 10.1. The van der Waals surface area contributed by atoms with Gasteiger partial charge in [0.2, 0.25) is 0 Å². The van der Waals surface area contributed by atoms with Gasteiger partial charge in [-0.2, -0.15) is 0 Å². The van der Waals surface area contributed by atoms with Gasteiger partial charge in [-0.05, 0) is 23.1 Å². The number of rotatable bonds is 30. The monoisotopic (exact) mass is 662 g/mol. The summed E-state index contributed by atoms with van der Waals surface area (Å²) >= 11 is 0. The van der Waals surface area contributed by atoms with Crippen LogP contribution in [0.1, 0.15) is 114 Å². The number of ether oxygens (including phenoxy) is 3. The largest absolute Gasteiger partial charge is 0.388 e. The third-order valence-corrected chi connectivity index (χ3v) is 8.69. The Kier molecular flexibility index (Phi) is 21.8. The minimum Gasteiger partial charge on any atom is -0.388 e.